The molecule has 0 aliphatic heterocycles. The molecular weight excluding hydrogens is 298 g/mol. The molecule has 0 aromatic carbocycles. The zero-order valence-electron chi connectivity index (χ0n) is 12.7. The molecule has 3 rings (SSSR count). The molecule has 2 heterocycles. The summed E-state index contributed by atoms with van der Waals surface area (Å²) in [7, 11) is 0. The third-order valence-corrected chi connectivity index (χ3v) is 5.03. The van der Waals surface area contributed by atoms with Gasteiger partial charge in [-0.1, -0.05) is 30.7 Å². The van der Waals surface area contributed by atoms with Gasteiger partial charge in [-0.3, -0.25) is 9.20 Å². The SMILES string of the molecule is CSc1nc(C(=O)NC2CCCCC2CO)c2ccccn12. The highest BCUT2D eigenvalue weighted by atomic mass is 32.2. The molecule has 2 unspecified atom stereocenters. The fourth-order valence-electron chi connectivity index (χ4n) is 3.17. The van der Waals surface area contributed by atoms with Crippen LogP contribution in [-0.4, -0.2) is 39.3 Å². The van der Waals surface area contributed by atoms with Crippen LogP contribution in [0.25, 0.3) is 5.52 Å². The van der Waals surface area contributed by atoms with Gasteiger partial charge in [0.2, 0.25) is 0 Å². The molecule has 5 nitrogen and oxygen atoms in total. The Labute approximate surface area is 134 Å². The number of rotatable bonds is 4. The zero-order valence-corrected chi connectivity index (χ0v) is 13.5. The van der Waals surface area contributed by atoms with E-state index >= 15 is 0 Å². The molecule has 0 radical (unpaired) electrons. The Balaban J connectivity index is 1.86. The maximum absolute atomic E-state index is 12.6. The summed E-state index contributed by atoms with van der Waals surface area (Å²) in [5, 5.41) is 13.4. The lowest BCUT2D eigenvalue weighted by molar-refractivity contribution is 0.0869. The minimum atomic E-state index is -0.144. The van der Waals surface area contributed by atoms with Gasteiger partial charge in [-0.2, -0.15) is 0 Å². The van der Waals surface area contributed by atoms with Crippen LogP contribution in [0.2, 0.25) is 0 Å². The van der Waals surface area contributed by atoms with Crippen LogP contribution in [-0.2, 0) is 0 Å². The van der Waals surface area contributed by atoms with Gasteiger partial charge in [0, 0.05) is 24.8 Å². The van der Waals surface area contributed by atoms with E-state index in [1.807, 2.05) is 35.1 Å². The van der Waals surface area contributed by atoms with Crippen molar-refractivity contribution in [3.05, 3.63) is 30.1 Å². The Morgan fingerprint density at radius 1 is 1.45 bits per heavy atom. The van der Waals surface area contributed by atoms with E-state index in [0.29, 0.717) is 5.69 Å². The second kappa shape index (κ2) is 6.71. The molecule has 1 saturated carbocycles. The summed E-state index contributed by atoms with van der Waals surface area (Å²) in [6.45, 7) is 0.130. The van der Waals surface area contributed by atoms with Gasteiger partial charge in [-0.25, -0.2) is 4.98 Å². The summed E-state index contributed by atoms with van der Waals surface area (Å²) >= 11 is 1.52. The van der Waals surface area contributed by atoms with Crippen molar-refractivity contribution in [2.45, 2.75) is 36.9 Å². The largest absolute Gasteiger partial charge is 0.396 e. The van der Waals surface area contributed by atoms with Crippen LogP contribution in [0.15, 0.2) is 29.6 Å². The molecule has 0 spiro atoms. The number of hydrogen-bond acceptors (Lipinski definition) is 4. The van der Waals surface area contributed by atoms with Gasteiger partial charge in [0.15, 0.2) is 10.9 Å². The van der Waals surface area contributed by atoms with Gasteiger partial charge >= 0.3 is 0 Å². The van der Waals surface area contributed by atoms with Crippen LogP contribution in [0.4, 0.5) is 0 Å². The first-order valence-electron chi connectivity index (χ1n) is 7.67. The van der Waals surface area contributed by atoms with E-state index in [1.54, 1.807) is 0 Å². The van der Waals surface area contributed by atoms with Crippen molar-refractivity contribution < 1.29 is 9.90 Å². The van der Waals surface area contributed by atoms with Crippen molar-refractivity contribution in [3.8, 4) is 0 Å². The zero-order chi connectivity index (χ0) is 15.5. The first-order chi connectivity index (χ1) is 10.7. The standard InChI is InChI=1S/C16H21N3O2S/c1-22-16-18-14(13-8-4-5-9-19(13)16)15(21)17-12-7-3-2-6-11(12)10-20/h4-5,8-9,11-12,20H,2-3,6-7,10H2,1H3,(H,17,21). The predicted octanol–water partition coefficient (Wildman–Crippen LogP) is 2.34. The van der Waals surface area contributed by atoms with E-state index in [1.165, 1.54) is 11.8 Å². The van der Waals surface area contributed by atoms with Crippen molar-refractivity contribution in [2.75, 3.05) is 12.9 Å². The van der Waals surface area contributed by atoms with Crippen molar-refractivity contribution in [1.29, 1.82) is 0 Å². The number of thioether (sulfide) groups is 1. The van der Waals surface area contributed by atoms with E-state index in [4.69, 9.17) is 0 Å². The van der Waals surface area contributed by atoms with Gasteiger partial charge in [-0.15, -0.1) is 0 Å². The molecule has 2 aromatic rings. The number of aliphatic hydroxyl groups excluding tert-OH is 1. The molecule has 1 aliphatic rings. The molecule has 2 N–H and O–H groups in total. The number of pyridine rings is 1. The number of fused-ring (bicyclic) bond motifs is 1. The number of nitrogens with zero attached hydrogens (tertiary/aromatic N) is 2. The first kappa shape index (κ1) is 15.4. The number of aromatic nitrogens is 2. The van der Waals surface area contributed by atoms with Crippen molar-refractivity contribution >= 4 is 23.2 Å². The van der Waals surface area contributed by atoms with Crippen LogP contribution in [0, 0.1) is 5.92 Å². The highest BCUT2D eigenvalue weighted by molar-refractivity contribution is 7.98. The molecule has 118 valence electrons. The van der Waals surface area contributed by atoms with Crippen LogP contribution in [0.1, 0.15) is 36.2 Å². The normalized spacial score (nSPS) is 21.9. The number of aliphatic hydroxyl groups is 1. The fourth-order valence-corrected chi connectivity index (χ4v) is 3.71. The second-order valence-corrected chi connectivity index (χ2v) is 6.48. The van der Waals surface area contributed by atoms with E-state index in [2.05, 4.69) is 10.3 Å². The van der Waals surface area contributed by atoms with Crippen LogP contribution in [0.5, 0.6) is 0 Å². The number of nitrogens with one attached hydrogen (secondary N) is 1. The molecule has 2 atom stereocenters. The van der Waals surface area contributed by atoms with Gasteiger partial charge in [0.25, 0.3) is 5.91 Å². The maximum Gasteiger partial charge on any atom is 0.272 e. The van der Waals surface area contributed by atoms with Crippen molar-refractivity contribution in [2.24, 2.45) is 5.92 Å². The number of hydrogen-bond donors (Lipinski definition) is 2. The predicted molar refractivity (Wildman–Crippen MR) is 87.3 cm³/mol. The average Bonchev–Trinajstić information content (AvgIpc) is 2.94. The van der Waals surface area contributed by atoms with Crippen LogP contribution >= 0.6 is 11.8 Å². The molecule has 2 aromatic heterocycles. The number of amides is 1. The highest BCUT2D eigenvalue weighted by Gasteiger charge is 2.27. The summed E-state index contributed by atoms with van der Waals surface area (Å²) in [6.07, 6.45) is 8.00. The molecule has 0 bridgehead atoms. The molecule has 22 heavy (non-hydrogen) atoms. The summed E-state index contributed by atoms with van der Waals surface area (Å²) in [5.74, 6) is 0.0148. The minimum Gasteiger partial charge on any atom is -0.396 e. The average molecular weight is 319 g/mol. The second-order valence-electron chi connectivity index (χ2n) is 5.71. The van der Waals surface area contributed by atoms with Crippen molar-refractivity contribution in [1.82, 2.24) is 14.7 Å². The van der Waals surface area contributed by atoms with Crippen molar-refractivity contribution in [3.63, 3.8) is 0 Å². The maximum atomic E-state index is 12.6. The topological polar surface area (TPSA) is 66.6 Å². The molecule has 1 amide bonds. The van der Waals surface area contributed by atoms with Gasteiger partial charge < -0.3 is 10.4 Å². The number of carbonyl (C=O) groups excluding carboxylic acids is 1. The molecule has 0 saturated heterocycles. The molecule has 1 fully saturated rings. The summed E-state index contributed by atoms with van der Waals surface area (Å²) in [5.41, 5.74) is 1.29. The van der Waals surface area contributed by atoms with Gasteiger partial charge in [0.05, 0.1) is 5.52 Å². The van der Waals surface area contributed by atoms with Crippen LogP contribution in [0.3, 0.4) is 0 Å². The summed E-state index contributed by atoms with van der Waals surface area (Å²) in [4.78, 5) is 17.1. The third kappa shape index (κ3) is 2.85. The Morgan fingerprint density at radius 3 is 3.05 bits per heavy atom. The first-order valence-corrected chi connectivity index (χ1v) is 8.90. The van der Waals surface area contributed by atoms with E-state index < -0.39 is 0 Å². The van der Waals surface area contributed by atoms with Gasteiger partial charge in [0.1, 0.15) is 0 Å². The Hall–Kier alpha value is -1.53. The fraction of sp³-hybridized carbons (Fsp3) is 0.500. The third-order valence-electron chi connectivity index (χ3n) is 4.37. The van der Waals surface area contributed by atoms with E-state index in [-0.39, 0.29) is 24.5 Å². The molecule has 6 heteroatoms. The lowest BCUT2D eigenvalue weighted by Crippen LogP contribution is -2.43. The van der Waals surface area contributed by atoms with E-state index in [0.717, 1.165) is 36.4 Å². The van der Waals surface area contributed by atoms with E-state index in [9.17, 15) is 9.90 Å². The van der Waals surface area contributed by atoms with Gasteiger partial charge in [-0.05, 0) is 31.2 Å². The Bertz CT molecular complexity index is 670. The highest BCUT2D eigenvalue weighted by Crippen LogP contribution is 2.25. The number of carbonyl (C=O) groups is 1. The Morgan fingerprint density at radius 2 is 2.27 bits per heavy atom. The Kier molecular flexibility index (Phi) is 4.69. The smallest absolute Gasteiger partial charge is 0.272 e. The molecule has 1 aliphatic carbocycles. The lowest BCUT2D eigenvalue weighted by Gasteiger charge is -2.30. The number of imidazole rings is 1. The summed E-state index contributed by atoms with van der Waals surface area (Å²) < 4.78 is 1.93. The minimum absolute atomic E-state index is 0.0458. The summed E-state index contributed by atoms with van der Waals surface area (Å²) in [6, 6.07) is 5.80. The van der Waals surface area contributed by atoms with Crippen LogP contribution < -0.4 is 5.32 Å². The lowest BCUT2D eigenvalue weighted by atomic mass is 9.85. The monoisotopic (exact) mass is 319 g/mol. The molecular formula is C16H21N3O2S. The quantitative estimate of drug-likeness (QED) is 0.849.